The number of ether oxygens (including phenoxy) is 1. The summed E-state index contributed by atoms with van der Waals surface area (Å²) >= 11 is 4.16. The fraction of sp³-hybridized carbons (Fsp3) is 0.417. The van der Waals surface area contributed by atoms with Crippen LogP contribution in [0.25, 0.3) is 0 Å². The van der Waals surface area contributed by atoms with E-state index in [1.807, 2.05) is 13.8 Å². The Morgan fingerprint density at radius 3 is 2.44 bits per heavy atom. The Bertz CT molecular complexity index is 360. The Morgan fingerprint density at radius 1 is 1.38 bits per heavy atom. The predicted octanol–water partition coefficient (Wildman–Crippen LogP) is 2.13. The first-order chi connectivity index (χ1) is 7.44. The SMILES string of the molecule is COC(C)(C)CNC(=O)c1ccc(S)cc1. The standard InChI is InChI=1S/C12H17NO2S/c1-12(2,15-3)8-13-11(14)9-4-6-10(16)7-5-9/h4-7,16H,8H2,1-3H3,(H,13,14). The maximum atomic E-state index is 11.7. The minimum absolute atomic E-state index is 0.0986. The number of benzene rings is 1. The summed E-state index contributed by atoms with van der Waals surface area (Å²) < 4.78 is 5.22. The van der Waals surface area contributed by atoms with Gasteiger partial charge >= 0.3 is 0 Å². The molecule has 0 unspecified atom stereocenters. The van der Waals surface area contributed by atoms with Crippen LogP contribution in [-0.4, -0.2) is 25.2 Å². The van der Waals surface area contributed by atoms with Gasteiger partial charge in [-0.3, -0.25) is 4.79 Å². The van der Waals surface area contributed by atoms with E-state index in [4.69, 9.17) is 4.74 Å². The number of hydrogen-bond donors (Lipinski definition) is 2. The molecule has 0 heterocycles. The van der Waals surface area contributed by atoms with E-state index in [1.54, 1.807) is 31.4 Å². The molecule has 0 radical (unpaired) electrons. The zero-order valence-electron chi connectivity index (χ0n) is 9.78. The zero-order chi connectivity index (χ0) is 12.2. The molecule has 4 heteroatoms. The minimum atomic E-state index is -0.348. The summed E-state index contributed by atoms with van der Waals surface area (Å²) in [5.74, 6) is -0.0986. The molecule has 0 aromatic heterocycles. The fourth-order valence-electron chi connectivity index (χ4n) is 1.08. The molecule has 0 fully saturated rings. The fourth-order valence-corrected chi connectivity index (χ4v) is 1.23. The van der Waals surface area contributed by atoms with Crippen LogP contribution in [0.1, 0.15) is 24.2 Å². The van der Waals surface area contributed by atoms with Gasteiger partial charge in [0.1, 0.15) is 0 Å². The van der Waals surface area contributed by atoms with E-state index in [0.717, 1.165) is 4.90 Å². The molecule has 0 saturated carbocycles. The third kappa shape index (κ3) is 3.87. The van der Waals surface area contributed by atoms with Crippen molar-refractivity contribution in [2.45, 2.75) is 24.3 Å². The Hall–Kier alpha value is -1.00. The topological polar surface area (TPSA) is 38.3 Å². The van der Waals surface area contributed by atoms with E-state index in [-0.39, 0.29) is 11.5 Å². The number of nitrogens with one attached hydrogen (secondary N) is 1. The van der Waals surface area contributed by atoms with Crippen LogP contribution in [0, 0.1) is 0 Å². The van der Waals surface area contributed by atoms with Gasteiger partial charge in [-0.2, -0.15) is 0 Å². The van der Waals surface area contributed by atoms with Gasteiger partial charge in [-0.15, -0.1) is 12.6 Å². The summed E-state index contributed by atoms with van der Waals surface area (Å²) in [6.45, 7) is 4.32. The molecule has 0 aliphatic carbocycles. The Balaban J connectivity index is 2.56. The van der Waals surface area contributed by atoms with E-state index < -0.39 is 0 Å². The molecular formula is C12H17NO2S. The van der Waals surface area contributed by atoms with Gasteiger partial charge in [0.15, 0.2) is 0 Å². The maximum Gasteiger partial charge on any atom is 0.251 e. The van der Waals surface area contributed by atoms with Gasteiger partial charge < -0.3 is 10.1 Å². The lowest BCUT2D eigenvalue weighted by atomic mass is 10.1. The molecule has 1 amide bonds. The second-order valence-electron chi connectivity index (χ2n) is 4.19. The molecule has 1 N–H and O–H groups in total. The minimum Gasteiger partial charge on any atom is -0.377 e. The maximum absolute atomic E-state index is 11.7. The molecule has 0 aliphatic heterocycles. The second-order valence-corrected chi connectivity index (χ2v) is 4.71. The summed E-state index contributed by atoms with van der Waals surface area (Å²) in [6, 6.07) is 7.08. The zero-order valence-corrected chi connectivity index (χ0v) is 10.7. The van der Waals surface area contributed by atoms with Crippen molar-refractivity contribution in [3.8, 4) is 0 Å². The summed E-state index contributed by atoms with van der Waals surface area (Å²) in [4.78, 5) is 12.6. The first-order valence-corrected chi connectivity index (χ1v) is 5.52. The van der Waals surface area contributed by atoms with Gasteiger partial charge in [0.25, 0.3) is 5.91 Å². The van der Waals surface area contributed by atoms with E-state index in [0.29, 0.717) is 12.1 Å². The highest BCUT2D eigenvalue weighted by Crippen LogP contribution is 2.09. The number of carbonyl (C=O) groups excluding carboxylic acids is 1. The summed E-state index contributed by atoms with van der Waals surface area (Å²) in [7, 11) is 1.63. The van der Waals surface area contributed by atoms with E-state index >= 15 is 0 Å². The summed E-state index contributed by atoms with van der Waals surface area (Å²) in [5.41, 5.74) is 0.281. The van der Waals surface area contributed by atoms with E-state index in [2.05, 4.69) is 17.9 Å². The molecule has 0 aliphatic rings. The first kappa shape index (κ1) is 13.1. The van der Waals surface area contributed by atoms with Crippen LogP contribution in [0.5, 0.6) is 0 Å². The third-order valence-corrected chi connectivity index (χ3v) is 2.65. The van der Waals surface area contributed by atoms with Crippen molar-refractivity contribution < 1.29 is 9.53 Å². The van der Waals surface area contributed by atoms with Crippen LogP contribution < -0.4 is 5.32 Å². The van der Waals surface area contributed by atoms with Crippen LogP contribution in [0.4, 0.5) is 0 Å². The highest BCUT2D eigenvalue weighted by atomic mass is 32.1. The number of methoxy groups -OCH3 is 1. The molecule has 1 rings (SSSR count). The van der Waals surface area contributed by atoms with Crippen LogP contribution in [0.2, 0.25) is 0 Å². The highest BCUT2D eigenvalue weighted by molar-refractivity contribution is 7.80. The molecule has 0 atom stereocenters. The molecular weight excluding hydrogens is 222 g/mol. The highest BCUT2D eigenvalue weighted by Gasteiger charge is 2.17. The van der Waals surface area contributed by atoms with Crippen molar-refractivity contribution in [3.63, 3.8) is 0 Å². The number of thiol groups is 1. The third-order valence-electron chi connectivity index (χ3n) is 2.36. The molecule has 16 heavy (non-hydrogen) atoms. The lowest BCUT2D eigenvalue weighted by molar-refractivity contribution is 0.0229. The summed E-state index contributed by atoms with van der Waals surface area (Å²) in [5, 5.41) is 2.82. The lowest BCUT2D eigenvalue weighted by Crippen LogP contribution is -2.39. The summed E-state index contributed by atoms with van der Waals surface area (Å²) in [6.07, 6.45) is 0. The van der Waals surface area contributed by atoms with E-state index in [1.165, 1.54) is 0 Å². The van der Waals surface area contributed by atoms with Gasteiger partial charge in [-0.25, -0.2) is 0 Å². The van der Waals surface area contributed by atoms with Crippen molar-refractivity contribution in [2.24, 2.45) is 0 Å². The molecule has 1 aromatic rings. The smallest absolute Gasteiger partial charge is 0.251 e. The number of rotatable bonds is 4. The van der Waals surface area contributed by atoms with Crippen molar-refractivity contribution in [1.82, 2.24) is 5.32 Å². The van der Waals surface area contributed by atoms with Gasteiger partial charge in [-0.1, -0.05) is 0 Å². The molecule has 3 nitrogen and oxygen atoms in total. The molecule has 1 aromatic carbocycles. The lowest BCUT2D eigenvalue weighted by Gasteiger charge is -2.23. The molecule has 0 spiro atoms. The second kappa shape index (κ2) is 5.37. The Kier molecular flexibility index (Phi) is 4.38. The Morgan fingerprint density at radius 2 is 1.94 bits per heavy atom. The number of amides is 1. The van der Waals surface area contributed by atoms with Crippen molar-refractivity contribution in [1.29, 1.82) is 0 Å². The van der Waals surface area contributed by atoms with Crippen LogP contribution in [0.15, 0.2) is 29.2 Å². The van der Waals surface area contributed by atoms with Crippen LogP contribution in [-0.2, 0) is 4.74 Å². The Labute approximate surface area is 102 Å². The van der Waals surface area contributed by atoms with E-state index in [9.17, 15) is 4.79 Å². The largest absolute Gasteiger partial charge is 0.377 e. The number of carbonyl (C=O) groups is 1. The van der Waals surface area contributed by atoms with Crippen LogP contribution in [0.3, 0.4) is 0 Å². The average Bonchev–Trinajstić information content (AvgIpc) is 2.27. The molecule has 88 valence electrons. The normalized spacial score (nSPS) is 11.2. The quantitative estimate of drug-likeness (QED) is 0.790. The van der Waals surface area contributed by atoms with Crippen LogP contribution >= 0.6 is 12.6 Å². The monoisotopic (exact) mass is 239 g/mol. The first-order valence-electron chi connectivity index (χ1n) is 5.07. The van der Waals surface area contributed by atoms with Gasteiger partial charge in [0, 0.05) is 24.1 Å². The van der Waals surface area contributed by atoms with Crippen molar-refractivity contribution in [3.05, 3.63) is 29.8 Å². The van der Waals surface area contributed by atoms with Crippen molar-refractivity contribution in [2.75, 3.05) is 13.7 Å². The van der Waals surface area contributed by atoms with Gasteiger partial charge in [0.05, 0.1) is 5.60 Å². The predicted molar refractivity (Wildman–Crippen MR) is 67.1 cm³/mol. The van der Waals surface area contributed by atoms with Gasteiger partial charge in [-0.05, 0) is 38.1 Å². The van der Waals surface area contributed by atoms with Crippen molar-refractivity contribution >= 4 is 18.5 Å². The average molecular weight is 239 g/mol. The molecule has 0 bridgehead atoms. The molecule has 0 saturated heterocycles. The number of hydrogen-bond acceptors (Lipinski definition) is 3. The van der Waals surface area contributed by atoms with Gasteiger partial charge in [0.2, 0.25) is 0 Å².